The summed E-state index contributed by atoms with van der Waals surface area (Å²) < 4.78 is 22.3. The summed E-state index contributed by atoms with van der Waals surface area (Å²) in [5.41, 5.74) is 0. The second-order valence-corrected chi connectivity index (χ2v) is 3.80. The van der Waals surface area contributed by atoms with Crippen molar-refractivity contribution in [2.75, 3.05) is 6.61 Å². The zero-order valence-electron chi connectivity index (χ0n) is 6.80. The minimum absolute atomic E-state index is 0.206. The third-order valence-electron chi connectivity index (χ3n) is 1.13. The highest BCUT2D eigenvalue weighted by Crippen LogP contribution is 2.01. The van der Waals surface area contributed by atoms with Crippen LogP contribution in [0.15, 0.2) is 17.3 Å². The van der Waals surface area contributed by atoms with E-state index in [1.807, 2.05) is 0 Å². The molecule has 0 aliphatic rings. The van der Waals surface area contributed by atoms with E-state index < -0.39 is 22.6 Å². The maximum atomic E-state index is 11.2. The van der Waals surface area contributed by atoms with Gasteiger partial charge >= 0.3 is 5.97 Å². The highest BCUT2D eigenvalue weighted by atomic mass is 32.2. The van der Waals surface area contributed by atoms with Crippen LogP contribution in [-0.2, 0) is 19.7 Å². The Bertz CT molecular complexity index is 397. The van der Waals surface area contributed by atoms with Gasteiger partial charge in [0.05, 0.1) is 6.20 Å². The molecule has 14 heavy (non-hydrogen) atoms. The van der Waals surface area contributed by atoms with Crippen LogP contribution in [0.1, 0.15) is 0 Å². The molecule has 0 radical (unpaired) electrons. The Kier molecular flexibility index (Phi) is 3.17. The number of carboxylic acids is 1. The van der Waals surface area contributed by atoms with Gasteiger partial charge in [0.25, 0.3) is 10.0 Å². The number of nitrogens with one attached hydrogen (secondary N) is 2. The number of sulfonamides is 1. The Balaban J connectivity index is 2.56. The van der Waals surface area contributed by atoms with Gasteiger partial charge in [-0.15, -0.1) is 0 Å². The summed E-state index contributed by atoms with van der Waals surface area (Å²) in [4.78, 5) is 15.8. The van der Waals surface area contributed by atoms with Crippen molar-refractivity contribution in [3.8, 4) is 0 Å². The van der Waals surface area contributed by atoms with E-state index in [4.69, 9.17) is 5.11 Å². The molecule has 9 heteroatoms. The summed E-state index contributed by atoms with van der Waals surface area (Å²) in [6, 6.07) is 1.20. The number of hydrogen-bond acceptors (Lipinski definition) is 5. The van der Waals surface area contributed by atoms with Gasteiger partial charge in [-0.05, 0) is 6.07 Å². The van der Waals surface area contributed by atoms with Crippen LogP contribution in [0.25, 0.3) is 0 Å². The maximum absolute atomic E-state index is 11.2. The molecule has 0 bridgehead atoms. The van der Waals surface area contributed by atoms with Crippen molar-refractivity contribution in [3.63, 3.8) is 0 Å². The quantitative estimate of drug-likeness (QED) is 0.531. The molecule has 3 N–H and O–H groups in total. The lowest BCUT2D eigenvalue weighted by Gasteiger charge is -2.02. The zero-order chi connectivity index (χ0) is 10.6. The normalized spacial score (nSPS) is 11.4. The van der Waals surface area contributed by atoms with Crippen molar-refractivity contribution >= 4 is 16.0 Å². The van der Waals surface area contributed by atoms with E-state index in [9.17, 15) is 13.2 Å². The summed E-state index contributed by atoms with van der Waals surface area (Å²) in [5.74, 6) is -1.28. The molecule has 0 atom stereocenters. The number of hydrogen-bond donors (Lipinski definition) is 3. The lowest BCUT2D eigenvalue weighted by atomic mass is 10.8. The third-order valence-corrected chi connectivity index (χ3v) is 2.27. The van der Waals surface area contributed by atoms with Crippen LogP contribution in [0, 0.1) is 0 Å². The van der Waals surface area contributed by atoms with E-state index in [2.05, 4.69) is 15.0 Å². The van der Waals surface area contributed by atoms with Gasteiger partial charge in [-0.2, -0.15) is 5.10 Å². The van der Waals surface area contributed by atoms with Crippen molar-refractivity contribution in [1.29, 1.82) is 0 Å². The fraction of sp³-hybridized carbons (Fsp3) is 0.200. The fourth-order valence-corrected chi connectivity index (χ4v) is 1.32. The number of carbonyl (C=O) groups is 1. The molecule has 0 spiro atoms. The molecule has 0 unspecified atom stereocenters. The molecular weight excluding hydrogens is 214 g/mol. The molecule has 1 rings (SSSR count). The van der Waals surface area contributed by atoms with Crippen molar-refractivity contribution in [3.05, 3.63) is 12.3 Å². The third kappa shape index (κ3) is 2.80. The first kappa shape index (κ1) is 10.6. The van der Waals surface area contributed by atoms with E-state index in [0.29, 0.717) is 0 Å². The van der Waals surface area contributed by atoms with E-state index in [1.54, 1.807) is 4.89 Å². The largest absolute Gasteiger partial charge is 0.479 e. The zero-order valence-corrected chi connectivity index (χ0v) is 7.61. The molecule has 78 valence electrons. The average molecular weight is 221 g/mol. The Morgan fingerprint density at radius 2 is 2.43 bits per heavy atom. The topological polar surface area (TPSA) is 121 Å². The molecule has 1 heterocycles. The minimum atomic E-state index is -3.87. The van der Waals surface area contributed by atoms with E-state index in [0.717, 1.165) is 0 Å². The first-order valence-corrected chi connectivity index (χ1v) is 4.85. The van der Waals surface area contributed by atoms with Crippen LogP contribution < -0.4 is 4.89 Å². The van der Waals surface area contributed by atoms with Crippen LogP contribution in [0.4, 0.5) is 0 Å². The Labute approximate surface area is 78.9 Å². The average Bonchev–Trinajstić information content (AvgIpc) is 2.54. The van der Waals surface area contributed by atoms with Crippen LogP contribution in [0.2, 0.25) is 0 Å². The summed E-state index contributed by atoms with van der Waals surface area (Å²) in [6.07, 6.45) is 1.24. The number of nitrogens with zero attached hydrogens (tertiary/aromatic N) is 1. The SMILES string of the molecule is O=C(O)CONS(=O)(=O)c1ccn[nH]1. The molecule has 0 saturated heterocycles. The number of aromatic nitrogens is 2. The maximum Gasteiger partial charge on any atom is 0.331 e. The minimum Gasteiger partial charge on any atom is -0.479 e. The predicted molar refractivity (Wildman–Crippen MR) is 42.5 cm³/mol. The van der Waals surface area contributed by atoms with Gasteiger partial charge in [-0.1, -0.05) is 4.89 Å². The van der Waals surface area contributed by atoms with Gasteiger partial charge in [-0.3, -0.25) is 9.94 Å². The molecule has 0 aliphatic carbocycles. The first-order valence-electron chi connectivity index (χ1n) is 3.37. The highest BCUT2D eigenvalue weighted by Gasteiger charge is 2.15. The van der Waals surface area contributed by atoms with Crippen LogP contribution in [0.3, 0.4) is 0 Å². The number of aliphatic carboxylic acids is 1. The monoisotopic (exact) mass is 221 g/mol. The number of rotatable bonds is 5. The summed E-state index contributed by atoms with van der Waals surface area (Å²) in [6.45, 7) is -0.757. The molecule has 0 amide bonds. The molecule has 0 aromatic carbocycles. The van der Waals surface area contributed by atoms with Crippen molar-refractivity contribution < 1.29 is 23.2 Å². The molecule has 0 aliphatic heterocycles. The Hall–Kier alpha value is -1.45. The fourth-order valence-electron chi connectivity index (χ4n) is 0.606. The van der Waals surface area contributed by atoms with Crippen molar-refractivity contribution in [1.82, 2.24) is 15.1 Å². The lowest BCUT2D eigenvalue weighted by Crippen LogP contribution is -2.27. The first-order chi connectivity index (χ1) is 6.52. The number of carboxylic acid groups (broad SMARTS) is 1. The van der Waals surface area contributed by atoms with Crippen molar-refractivity contribution in [2.45, 2.75) is 5.03 Å². The summed E-state index contributed by atoms with van der Waals surface area (Å²) >= 11 is 0. The second kappa shape index (κ2) is 4.17. The molecule has 0 fully saturated rings. The van der Waals surface area contributed by atoms with E-state index >= 15 is 0 Å². The lowest BCUT2D eigenvalue weighted by molar-refractivity contribution is -0.143. The van der Waals surface area contributed by atoms with Gasteiger partial charge in [0.1, 0.15) is 0 Å². The summed E-state index contributed by atoms with van der Waals surface area (Å²) in [5, 5.41) is 13.6. The van der Waals surface area contributed by atoms with Crippen LogP contribution in [0.5, 0.6) is 0 Å². The van der Waals surface area contributed by atoms with Crippen LogP contribution >= 0.6 is 0 Å². The van der Waals surface area contributed by atoms with Gasteiger partial charge in [0.2, 0.25) is 0 Å². The summed E-state index contributed by atoms with van der Waals surface area (Å²) in [7, 11) is -3.87. The second-order valence-electron chi connectivity index (χ2n) is 2.19. The van der Waals surface area contributed by atoms with E-state index in [-0.39, 0.29) is 5.03 Å². The van der Waals surface area contributed by atoms with Crippen LogP contribution in [-0.4, -0.2) is 36.3 Å². The van der Waals surface area contributed by atoms with Gasteiger partial charge in [0, 0.05) is 0 Å². The Morgan fingerprint density at radius 1 is 1.71 bits per heavy atom. The van der Waals surface area contributed by atoms with E-state index in [1.165, 1.54) is 12.3 Å². The van der Waals surface area contributed by atoms with Gasteiger partial charge in [0.15, 0.2) is 11.6 Å². The molecule has 8 nitrogen and oxygen atoms in total. The number of aromatic amines is 1. The molecule has 0 saturated carbocycles. The predicted octanol–water partition coefficient (Wildman–Crippen LogP) is -1.30. The molecule has 1 aromatic rings. The number of H-pyrrole nitrogens is 1. The van der Waals surface area contributed by atoms with Crippen molar-refractivity contribution in [2.24, 2.45) is 0 Å². The molecule has 1 aromatic heterocycles. The highest BCUT2D eigenvalue weighted by molar-refractivity contribution is 7.89. The Morgan fingerprint density at radius 3 is 2.93 bits per heavy atom. The molecular formula is C5H7N3O5S. The van der Waals surface area contributed by atoms with Gasteiger partial charge in [-0.25, -0.2) is 13.2 Å². The smallest absolute Gasteiger partial charge is 0.331 e. The standard InChI is InChI=1S/C5H7N3O5S/c9-5(10)3-13-8-14(11,12)4-1-2-6-7-4/h1-2,8H,3H2,(H,6,7)(H,9,10). The van der Waals surface area contributed by atoms with Gasteiger partial charge < -0.3 is 5.11 Å².